The number of benzene rings is 1. The molecular weight excluding hydrogens is 176 g/mol. The number of hydrogen-bond acceptors (Lipinski definition) is 2. The summed E-state index contributed by atoms with van der Waals surface area (Å²) in [6.45, 7) is 0. The van der Waals surface area contributed by atoms with E-state index in [0.717, 1.165) is 5.56 Å². The fourth-order valence-electron chi connectivity index (χ4n) is 0.917. The number of hydrogen-bond donors (Lipinski definition) is 0. The highest BCUT2D eigenvalue weighted by Crippen LogP contribution is 2.10. The molecule has 2 nitrogen and oxygen atoms in total. The van der Waals surface area contributed by atoms with Gasteiger partial charge in [0.1, 0.15) is 0 Å². The lowest BCUT2D eigenvalue weighted by Gasteiger charge is -1.98. The molecule has 0 aliphatic carbocycles. The Labute approximate surface area is 75.2 Å². The van der Waals surface area contributed by atoms with Crippen LogP contribution in [0.5, 0.6) is 0 Å². The van der Waals surface area contributed by atoms with Gasteiger partial charge < -0.3 is 0 Å². The van der Waals surface area contributed by atoms with Crippen LogP contribution in [-0.4, -0.2) is 12.6 Å². The molecule has 0 atom stereocenters. The molecule has 0 saturated heterocycles. The molecule has 0 amide bonds. The lowest BCUT2D eigenvalue weighted by atomic mass is 10.1. The highest BCUT2D eigenvalue weighted by atomic mass is 35.5. The van der Waals surface area contributed by atoms with Crippen LogP contribution in [0.4, 0.5) is 0 Å². The standard InChI is InChI=1S/C9H7ClO2/c10-4-7-1-2-8(5-11)9(3-7)6-12/h1-3,5-6H,4H2. The average molecular weight is 183 g/mol. The number of alkyl halides is 1. The fourth-order valence-corrected chi connectivity index (χ4v) is 1.08. The van der Waals surface area contributed by atoms with E-state index in [9.17, 15) is 9.59 Å². The molecule has 1 rings (SSSR count). The van der Waals surface area contributed by atoms with Crippen LogP contribution in [0.3, 0.4) is 0 Å². The fraction of sp³-hybridized carbons (Fsp3) is 0.111. The first-order valence-corrected chi connectivity index (χ1v) is 3.94. The predicted octanol–water partition coefficient (Wildman–Crippen LogP) is 2.05. The molecular formula is C9H7ClO2. The lowest BCUT2D eigenvalue weighted by Crippen LogP contribution is -1.91. The summed E-state index contributed by atoms with van der Waals surface area (Å²) >= 11 is 5.55. The van der Waals surface area contributed by atoms with Crippen LogP contribution in [0.15, 0.2) is 18.2 Å². The molecule has 0 fully saturated rings. The van der Waals surface area contributed by atoms with Gasteiger partial charge in [-0.1, -0.05) is 12.1 Å². The van der Waals surface area contributed by atoms with E-state index < -0.39 is 0 Å². The summed E-state index contributed by atoms with van der Waals surface area (Å²) in [6.07, 6.45) is 1.31. The maximum absolute atomic E-state index is 10.5. The van der Waals surface area contributed by atoms with Crippen molar-refractivity contribution in [3.05, 3.63) is 34.9 Å². The molecule has 0 aromatic heterocycles. The van der Waals surface area contributed by atoms with Gasteiger partial charge in [-0.3, -0.25) is 9.59 Å². The van der Waals surface area contributed by atoms with Crippen LogP contribution in [0, 0.1) is 0 Å². The number of aldehydes is 2. The summed E-state index contributed by atoms with van der Waals surface area (Å²) in [5.74, 6) is 0.347. The second-order valence-corrected chi connectivity index (χ2v) is 2.60. The third-order valence-corrected chi connectivity index (χ3v) is 1.87. The molecule has 0 aliphatic heterocycles. The van der Waals surface area contributed by atoms with Crippen LogP contribution in [0.1, 0.15) is 26.3 Å². The Hall–Kier alpha value is -1.15. The van der Waals surface area contributed by atoms with Crippen molar-refractivity contribution in [3.63, 3.8) is 0 Å². The van der Waals surface area contributed by atoms with Crippen LogP contribution in [-0.2, 0) is 5.88 Å². The molecule has 1 aromatic rings. The quantitative estimate of drug-likeness (QED) is 0.530. The molecule has 0 radical (unpaired) electrons. The average Bonchev–Trinajstić information content (AvgIpc) is 2.16. The first-order valence-electron chi connectivity index (χ1n) is 3.41. The van der Waals surface area contributed by atoms with E-state index >= 15 is 0 Å². The van der Waals surface area contributed by atoms with Gasteiger partial charge >= 0.3 is 0 Å². The first kappa shape index (κ1) is 8.94. The zero-order valence-electron chi connectivity index (χ0n) is 6.29. The van der Waals surface area contributed by atoms with Gasteiger partial charge in [-0.15, -0.1) is 11.6 Å². The molecule has 0 saturated carbocycles. The Bertz CT molecular complexity index is 307. The lowest BCUT2D eigenvalue weighted by molar-refractivity contribution is 0.109. The molecule has 0 heterocycles. The summed E-state index contributed by atoms with van der Waals surface area (Å²) in [5, 5.41) is 0. The summed E-state index contributed by atoms with van der Waals surface area (Å²) < 4.78 is 0. The van der Waals surface area contributed by atoms with Gasteiger partial charge in [-0.25, -0.2) is 0 Å². The monoisotopic (exact) mass is 182 g/mol. The normalized spacial score (nSPS) is 9.42. The maximum Gasteiger partial charge on any atom is 0.150 e. The molecule has 0 spiro atoms. The molecule has 12 heavy (non-hydrogen) atoms. The van der Waals surface area contributed by atoms with Crippen LogP contribution in [0.2, 0.25) is 0 Å². The molecule has 0 N–H and O–H groups in total. The number of carbonyl (C=O) groups excluding carboxylic acids is 2. The van der Waals surface area contributed by atoms with Gasteiger partial charge in [-0.05, 0) is 11.6 Å². The highest BCUT2D eigenvalue weighted by Gasteiger charge is 2.00. The summed E-state index contributed by atoms with van der Waals surface area (Å²) in [6, 6.07) is 4.93. The Balaban J connectivity index is 3.18. The highest BCUT2D eigenvalue weighted by molar-refractivity contribution is 6.17. The minimum atomic E-state index is 0.347. The largest absolute Gasteiger partial charge is 0.298 e. The Morgan fingerprint density at radius 3 is 2.33 bits per heavy atom. The van der Waals surface area contributed by atoms with Crippen molar-refractivity contribution in [1.82, 2.24) is 0 Å². The first-order chi connectivity index (χ1) is 5.81. The second kappa shape index (κ2) is 4.02. The van der Waals surface area contributed by atoms with Crippen molar-refractivity contribution in [2.75, 3.05) is 0 Å². The third-order valence-electron chi connectivity index (χ3n) is 1.56. The topological polar surface area (TPSA) is 34.1 Å². The smallest absolute Gasteiger partial charge is 0.150 e. The van der Waals surface area contributed by atoms with Crippen molar-refractivity contribution >= 4 is 24.2 Å². The van der Waals surface area contributed by atoms with Gasteiger partial charge in [0.15, 0.2) is 12.6 Å². The minimum Gasteiger partial charge on any atom is -0.298 e. The molecule has 1 aromatic carbocycles. The van der Waals surface area contributed by atoms with E-state index in [0.29, 0.717) is 29.6 Å². The van der Waals surface area contributed by atoms with E-state index in [1.807, 2.05) is 0 Å². The number of carbonyl (C=O) groups is 2. The predicted molar refractivity (Wildman–Crippen MR) is 46.8 cm³/mol. The summed E-state index contributed by atoms with van der Waals surface area (Å²) in [7, 11) is 0. The van der Waals surface area contributed by atoms with Crippen molar-refractivity contribution in [2.45, 2.75) is 5.88 Å². The summed E-state index contributed by atoms with van der Waals surface area (Å²) in [5.41, 5.74) is 1.63. The zero-order valence-corrected chi connectivity index (χ0v) is 7.04. The third kappa shape index (κ3) is 1.71. The van der Waals surface area contributed by atoms with Gasteiger partial charge in [0.05, 0.1) is 0 Å². The van der Waals surface area contributed by atoms with Crippen molar-refractivity contribution in [2.24, 2.45) is 0 Å². The van der Waals surface area contributed by atoms with Gasteiger partial charge in [0.25, 0.3) is 0 Å². The molecule has 62 valence electrons. The second-order valence-electron chi connectivity index (χ2n) is 2.33. The number of halogens is 1. The molecule has 3 heteroatoms. The molecule has 0 bridgehead atoms. The van der Waals surface area contributed by atoms with E-state index in [-0.39, 0.29) is 0 Å². The zero-order chi connectivity index (χ0) is 8.97. The molecule has 0 aliphatic rings. The number of rotatable bonds is 3. The Kier molecular flexibility index (Phi) is 3.00. The van der Waals surface area contributed by atoms with Gasteiger partial charge in [-0.2, -0.15) is 0 Å². The Morgan fingerprint density at radius 2 is 1.83 bits per heavy atom. The minimum absolute atomic E-state index is 0.347. The maximum atomic E-state index is 10.5. The SMILES string of the molecule is O=Cc1ccc(CCl)cc1C=O. The van der Waals surface area contributed by atoms with Gasteiger partial charge in [0, 0.05) is 17.0 Å². The van der Waals surface area contributed by atoms with Crippen LogP contribution >= 0.6 is 11.6 Å². The van der Waals surface area contributed by atoms with Crippen molar-refractivity contribution in [1.29, 1.82) is 0 Å². The summed E-state index contributed by atoms with van der Waals surface area (Å²) in [4.78, 5) is 20.8. The van der Waals surface area contributed by atoms with E-state index in [2.05, 4.69) is 0 Å². The van der Waals surface area contributed by atoms with E-state index in [4.69, 9.17) is 11.6 Å². The van der Waals surface area contributed by atoms with E-state index in [1.54, 1.807) is 18.2 Å². The van der Waals surface area contributed by atoms with Crippen molar-refractivity contribution in [3.8, 4) is 0 Å². The molecule has 0 unspecified atom stereocenters. The van der Waals surface area contributed by atoms with Gasteiger partial charge in [0.2, 0.25) is 0 Å². The van der Waals surface area contributed by atoms with E-state index in [1.165, 1.54) is 0 Å². The van der Waals surface area contributed by atoms with Crippen molar-refractivity contribution < 1.29 is 9.59 Å². The Morgan fingerprint density at radius 1 is 1.17 bits per heavy atom. The van der Waals surface area contributed by atoms with Crippen LogP contribution in [0.25, 0.3) is 0 Å². The van der Waals surface area contributed by atoms with Crippen LogP contribution < -0.4 is 0 Å².